The predicted molar refractivity (Wildman–Crippen MR) is 150 cm³/mol. The number of nitrogens with zero attached hydrogens (tertiary/aromatic N) is 3. The summed E-state index contributed by atoms with van der Waals surface area (Å²) in [4.78, 5) is 18.0. The molecular formula is C29H33ClN4O3. The van der Waals surface area contributed by atoms with Gasteiger partial charge in [-0.05, 0) is 67.8 Å². The molecule has 3 aromatic carbocycles. The lowest BCUT2D eigenvalue weighted by atomic mass is 10.1. The molecule has 0 bridgehead atoms. The molecule has 2 N–H and O–H groups in total. The number of likely N-dealkylation sites (tertiary alicyclic amines) is 1. The van der Waals surface area contributed by atoms with Gasteiger partial charge in [0.05, 0.1) is 27.6 Å². The third kappa shape index (κ3) is 5.48. The van der Waals surface area contributed by atoms with Gasteiger partial charge >= 0.3 is 5.97 Å². The lowest BCUT2D eigenvalue weighted by molar-refractivity contribution is 0.0697. The summed E-state index contributed by atoms with van der Waals surface area (Å²) in [5.41, 5.74) is 5.35. The van der Waals surface area contributed by atoms with Gasteiger partial charge in [-0.1, -0.05) is 23.7 Å². The number of hydrogen-bond donors (Lipinski definition) is 2. The molecule has 7 nitrogen and oxygen atoms in total. The van der Waals surface area contributed by atoms with Crippen molar-refractivity contribution in [2.45, 2.75) is 32.0 Å². The summed E-state index contributed by atoms with van der Waals surface area (Å²) in [6.45, 7) is 4.80. The predicted octanol–water partition coefficient (Wildman–Crippen LogP) is 5.85. The first-order chi connectivity index (χ1) is 17.8. The third-order valence-corrected chi connectivity index (χ3v) is 7.65. The second kappa shape index (κ2) is 10.5. The fraction of sp³-hybridized carbons (Fsp3) is 0.345. The summed E-state index contributed by atoms with van der Waals surface area (Å²) in [6.07, 6.45) is 2.19. The second-order valence-corrected chi connectivity index (χ2v) is 10.3. The van der Waals surface area contributed by atoms with E-state index >= 15 is 0 Å². The van der Waals surface area contributed by atoms with Crippen molar-refractivity contribution in [2.24, 2.45) is 0 Å². The average molecular weight is 521 g/mol. The zero-order valence-corrected chi connectivity index (χ0v) is 22.2. The number of ether oxygens (including phenoxy) is 1. The van der Waals surface area contributed by atoms with Crippen molar-refractivity contribution in [1.82, 2.24) is 4.90 Å². The minimum Gasteiger partial charge on any atom is -0.490 e. The van der Waals surface area contributed by atoms with E-state index in [2.05, 4.69) is 38.2 Å². The molecule has 194 valence electrons. The molecule has 0 radical (unpaired) electrons. The minimum atomic E-state index is -0.905. The van der Waals surface area contributed by atoms with Gasteiger partial charge in [0.1, 0.15) is 18.0 Å². The maximum atomic E-state index is 11.3. The molecule has 0 amide bonds. The van der Waals surface area contributed by atoms with E-state index in [0.29, 0.717) is 5.56 Å². The van der Waals surface area contributed by atoms with E-state index in [1.54, 1.807) is 12.1 Å². The Balaban J connectivity index is 1.15. The van der Waals surface area contributed by atoms with Crippen molar-refractivity contribution < 1.29 is 14.6 Å². The molecule has 0 spiro atoms. The van der Waals surface area contributed by atoms with Crippen LogP contribution in [0.25, 0.3) is 0 Å². The van der Waals surface area contributed by atoms with Gasteiger partial charge in [0.2, 0.25) is 0 Å². The lowest BCUT2D eigenvalue weighted by Crippen LogP contribution is -2.47. The van der Waals surface area contributed by atoms with Crippen LogP contribution >= 0.6 is 11.6 Å². The largest absolute Gasteiger partial charge is 0.490 e. The van der Waals surface area contributed by atoms with Crippen LogP contribution in [0.4, 0.5) is 22.7 Å². The molecule has 0 aromatic heterocycles. The highest BCUT2D eigenvalue weighted by Crippen LogP contribution is 2.35. The van der Waals surface area contributed by atoms with Crippen molar-refractivity contribution in [3.05, 3.63) is 76.8 Å². The molecule has 1 fully saturated rings. The molecule has 1 atom stereocenters. The highest BCUT2D eigenvalue weighted by molar-refractivity contribution is 6.33. The maximum Gasteiger partial charge on any atom is 0.335 e. The van der Waals surface area contributed by atoms with Gasteiger partial charge in [0.15, 0.2) is 0 Å². The van der Waals surface area contributed by atoms with Crippen LogP contribution in [0.15, 0.2) is 60.7 Å². The number of rotatable bonds is 7. The monoisotopic (exact) mass is 520 g/mol. The number of carbonyl (C=O) groups is 1. The van der Waals surface area contributed by atoms with Gasteiger partial charge in [0, 0.05) is 45.5 Å². The van der Waals surface area contributed by atoms with Crippen molar-refractivity contribution in [3.63, 3.8) is 0 Å². The highest BCUT2D eigenvalue weighted by atomic mass is 35.5. The van der Waals surface area contributed by atoms with Gasteiger partial charge in [-0.2, -0.15) is 0 Å². The normalized spacial score (nSPS) is 17.8. The van der Waals surface area contributed by atoms with Gasteiger partial charge < -0.3 is 25.0 Å². The van der Waals surface area contributed by atoms with Crippen molar-refractivity contribution >= 4 is 40.3 Å². The second-order valence-electron chi connectivity index (χ2n) is 9.94. The van der Waals surface area contributed by atoms with Crippen LogP contribution < -0.4 is 19.9 Å². The van der Waals surface area contributed by atoms with E-state index in [0.717, 1.165) is 71.6 Å². The number of hydrogen-bond acceptors (Lipinski definition) is 6. The van der Waals surface area contributed by atoms with Crippen molar-refractivity contribution in [1.29, 1.82) is 0 Å². The SMILES string of the molecule is Cc1ccc(N(C)c2cccc(OC3CCN(CC4Nc5ccc(C(=O)O)cc5N4C)CC3)c2)c(Cl)c1. The molecule has 37 heavy (non-hydrogen) atoms. The van der Waals surface area contributed by atoms with E-state index in [4.69, 9.17) is 16.3 Å². The summed E-state index contributed by atoms with van der Waals surface area (Å²) in [6, 6.07) is 19.5. The van der Waals surface area contributed by atoms with Crippen LogP contribution in [0.5, 0.6) is 5.75 Å². The van der Waals surface area contributed by atoms with Crippen LogP contribution in [0.1, 0.15) is 28.8 Å². The molecule has 1 saturated heterocycles. The van der Waals surface area contributed by atoms with Crippen molar-refractivity contribution in [3.8, 4) is 5.75 Å². The Bertz CT molecular complexity index is 1290. The number of aryl methyl sites for hydroxylation is 1. The summed E-state index contributed by atoms with van der Waals surface area (Å²) < 4.78 is 6.39. The maximum absolute atomic E-state index is 11.3. The first-order valence-corrected chi connectivity index (χ1v) is 13.0. The minimum absolute atomic E-state index is 0.109. The van der Waals surface area contributed by atoms with Gasteiger partial charge in [0.25, 0.3) is 0 Å². The van der Waals surface area contributed by atoms with Crippen LogP contribution in [-0.2, 0) is 0 Å². The molecule has 3 aromatic rings. The van der Waals surface area contributed by atoms with Crippen LogP contribution in [0.2, 0.25) is 5.02 Å². The Morgan fingerprint density at radius 3 is 2.65 bits per heavy atom. The summed E-state index contributed by atoms with van der Waals surface area (Å²) in [7, 11) is 4.03. The summed E-state index contributed by atoms with van der Waals surface area (Å²) in [5, 5.41) is 13.6. The van der Waals surface area contributed by atoms with Gasteiger partial charge in [-0.3, -0.25) is 4.90 Å². The fourth-order valence-electron chi connectivity index (χ4n) is 5.13. The van der Waals surface area contributed by atoms with Crippen LogP contribution in [0.3, 0.4) is 0 Å². The summed E-state index contributed by atoms with van der Waals surface area (Å²) >= 11 is 6.49. The van der Waals surface area contributed by atoms with Crippen LogP contribution in [0, 0.1) is 6.92 Å². The smallest absolute Gasteiger partial charge is 0.335 e. The Morgan fingerprint density at radius 1 is 1.14 bits per heavy atom. The molecule has 0 aliphatic carbocycles. The lowest BCUT2D eigenvalue weighted by Gasteiger charge is -2.35. The number of nitrogens with one attached hydrogen (secondary N) is 1. The van der Waals surface area contributed by atoms with Crippen LogP contribution in [-0.4, -0.2) is 62.0 Å². The first kappa shape index (κ1) is 25.2. The Labute approximate surface area is 223 Å². The molecule has 5 rings (SSSR count). The number of likely N-dealkylation sites (N-methyl/N-ethyl adjacent to an activating group) is 1. The van der Waals surface area contributed by atoms with E-state index in [9.17, 15) is 9.90 Å². The molecule has 2 heterocycles. The zero-order valence-electron chi connectivity index (χ0n) is 21.4. The number of aromatic carboxylic acids is 1. The average Bonchev–Trinajstić information content (AvgIpc) is 3.19. The molecule has 0 saturated carbocycles. The molecule has 1 unspecified atom stereocenters. The zero-order chi connectivity index (χ0) is 26.1. The van der Waals surface area contributed by atoms with E-state index in [1.165, 1.54) is 0 Å². The molecule has 2 aliphatic rings. The Kier molecular flexibility index (Phi) is 7.17. The number of anilines is 4. The fourth-order valence-corrected chi connectivity index (χ4v) is 5.49. The molecular weight excluding hydrogens is 488 g/mol. The molecule has 8 heteroatoms. The molecule has 2 aliphatic heterocycles. The van der Waals surface area contributed by atoms with E-state index in [1.807, 2.05) is 51.4 Å². The number of benzene rings is 3. The highest BCUT2D eigenvalue weighted by Gasteiger charge is 2.30. The number of carboxylic acid groups (broad SMARTS) is 1. The van der Waals surface area contributed by atoms with Crippen molar-refractivity contribution in [2.75, 3.05) is 48.8 Å². The van der Waals surface area contributed by atoms with E-state index < -0.39 is 5.97 Å². The van der Waals surface area contributed by atoms with Gasteiger partial charge in [-0.25, -0.2) is 4.79 Å². The first-order valence-electron chi connectivity index (χ1n) is 12.6. The Morgan fingerprint density at radius 2 is 1.92 bits per heavy atom. The quantitative estimate of drug-likeness (QED) is 0.405. The third-order valence-electron chi connectivity index (χ3n) is 7.35. The summed E-state index contributed by atoms with van der Waals surface area (Å²) in [5.74, 6) is -0.0363. The van der Waals surface area contributed by atoms with E-state index in [-0.39, 0.29) is 12.3 Å². The Hall–Kier alpha value is -3.42. The topological polar surface area (TPSA) is 68.3 Å². The number of halogens is 1. The standard InChI is InChI=1S/C29H33ClN4O3/c1-19-7-10-26(24(30)15-19)32(2)21-5-4-6-23(17-21)37-22-11-13-34(14-12-22)18-28-31-25-9-8-20(29(35)36)16-27(25)33(28)3/h4-10,15-17,22,28,31H,11-14,18H2,1-3H3,(H,35,36). The number of carboxylic acids is 1. The number of piperidine rings is 1. The number of fused-ring (bicyclic) bond motifs is 1. The van der Waals surface area contributed by atoms with Gasteiger partial charge in [-0.15, -0.1) is 0 Å².